The molecule has 0 aliphatic heterocycles. The molecule has 2 nitrogen and oxygen atoms in total. The third-order valence-corrected chi connectivity index (χ3v) is 4.53. The summed E-state index contributed by atoms with van der Waals surface area (Å²) < 4.78 is 1.02. The van der Waals surface area contributed by atoms with Gasteiger partial charge in [0.05, 0.1) is 5.69 Å². The van der Waals surface area contributed by atoms with Gasteiger partial charge in [-0.1, -0.05) is 47.4 Å². The van der Waals surface area contributed by atoms with Gasteiger partial charge in [-0.15, -0.1) is 11.3 Å². The second-order valence-corrected chi connectivity index (χ2v) is 6.83. The number of anilines is 1. The molecule has 0 bridgehead atoms. The third kappa shape index (κ3) is 3.05. The average Bonchev–Trinajstić information content (AvgIpc) is 2.64. The van der Waals surface area contributed by atoms with E-state index in [4.69, 9.17) is 17.3 Å². The first-order valence-electron chi connectivity index (χ1n) is 5.66. The van der Waals surface area contributed by atoms with Crippen LogP contribution in [0.15, 0.2) is 22.7 Å². The van der Waals surface area contributed by atoms with E-state index in [1.165, 1.54) is 10.4 Å². The highest BCUT2D eigenvalue weighted by Gasteiger charge is 2.14. The minimum Gasteiger partial charge on any atom is -0.375 e. The van der Waals surface area contributed by atoms with Crippen LogP contribution < -0.4 is 5.73 Å². The van der Waals surface area contributed by atoms with E-state index < -0.39 is 0 Å². The van der Waals surface area contributed by atoms with Crippen LogP contribution >= 0.6 is 38.9 Å². The summed E-state index contributed by atoms with van der Waals surface area (Å²) in [5, 5.41) is 1.37. The fourth-order valence-electron chi connectivity index (χ4n) is 1.80. The monoisotopic (exact) mass is 344 g/mol. The summed E-state index contributed by atoms with van der Waals surface area (Å²) in [7, 11) is 0. The molecule has 18 heavy (non-hydrogen) atoms. The minimum absolute atomic E-state index is 0.389. The first kappa shape index (κ1) is 13.8. The Balaban J connectivity index is 2.33. The topological polar surface area (TPSA) is 38.9 Å². The third-order valence-electron chi connectivity index (χ3n) is 2.66. The Hall–Kier alpha value is -0.580. The average molecular weight is 346 g/mol. The Morgan fingerprint density at radius 1 is 1.44 bits per heavy atom. The number of rotatable bonds is 3. The van der Waals surface area contributed by atoms with E-state index in [1.54, 1.807) is 11.3 Å². The lowest BCUT2D eigenvalue weighted by Gasteiger charge is -2.07. The zero-order chi connectivity index (χ0) is 13.3. The van der Waals surface area contributed by atoms with Crippen LogP contribution in [0.3, 0.4) is 0 Å². The molecule has 0 aliphatic carbocycles. The van der Waals surface area contributed by atoms with Gasteiger partial charge in [0.1, 0.15) is 0 Å². The Labute approximate surface area is 124 Å². The van der Waals surface area contributed by atoms with Gasteiger partial charge < -0.3 is 5.73 Å². The van der Waals surface area contributed by atoms with E-state index in [2.05, 4.69) is 34.8 Å². The number of hydrogen-bond acceptors (Lipinski definition) is 3. The van der Waals surface area contributed by atoms with Crippen LogP contribution in [0.4, 0.5) is 5.13 Å². The molecule has 2 rings (SSSR count). The van der Waals surface area contributed by atoms with Crippen molar-refractivity contribution in [3.05, 3.63) is 43.8 Å². The summed E-state index contributed by atoms with van der Waals surface area (Å²) in [4.78, 5) is 5.64. The molecule has 0 amide bonds. The second-order valence-electron chi connectivity index (χ2n) is 4.43. The minimum atomic E-state index is 0.389. The van der Waals surface area contributed by atoms with E-state index in [0.29, 0.717) is 11.0 Å². The molecule has 0 radical (unpaired) electrons. The van der Waals surface area contributed by atoms with E-state index in [-0.39, 0.29) is 0 Å². The number of halogens is 2. The maximum Gasteiger partial charge on any atom is 0.180 e. The first-order valence-corrected chi connectivity index (χ1v) is 7.65. The van der Waals surface area contributed by atoms with Gasteiger partial charge >= 0.3 is 0 Å². The lowest BCUT2D eigenvalue weighted by Crippen LogP contribution is -1.96. The highest BCUT2D eigenvalue weighted by Crippen LogP contribution is 2.31. The van der Waals surface area contributed by atoms with Crippen molar-refractivity contribution in [2.75, 3.05) is 5.73 Å². The van der Waals surface area contributed by atoms with Crippen molar-refractivity contribution in [3.63, 3.8) is 0 Å². The van der Waals surface area contributed by atoms with Gasteiger partial charge in [0, 0.05) is 20.8 Å². The smallest absolute Gasteiger partial charge is 0.180 e. The van der Waals surface area contributed by atoms with Crippen LogP contribution in [0.25, 0.3) is 0 Å². The predicted octanol–water partition coefficient (Wildman–Crippen LogP) is 4.86. The van der Waals surface area contributed by atoms with Gasteiger partial charge in [0.15, 0.2) is 5.13 Å². The van der Waals surface area contributed by atoms with Crippen molar-refractivity contribution in [2.45, 2.75) is 26.2 Å². The number of nitrogens with two attached hydrogens (primary N) is 1. The van der Waals surface area contributed by atoms with Gasteiger partial charge in [0.2, 0.25) is 0 Å². The van der Waals surface area contributed by atoms with E-state index >= 15 is 0 Å². The lowest BCUT2D eigenvalue weighted by molar-refractivity contribution is 0.820. The molecule has 1 aromatic heterocycles. The standard InChI is InChI=1S/C13H14BrClN2S/c1-7(2)12-11(18-13(16)17-12)5-8-3-4-9(15)6-10(8)14/h3-4,6-7H,5H2,1-2H3,(H2,16,17). The molecule has 0 saturated heterocycles. The zero-order valence-electron chi connectivity index (χ0n) is 10.2. The Morgan fingerprint density at radius 3 is 2.78 bits per heavy atom. The molecule has 2 aromatic rings. The molecule has 1 aromatic carbocycles. The molecule has 0 atom stereocenters. The van der Waals surface area contributed by atoms with Gasteiger partial charge in [-0.05, 0) is 23.6 Å². The summed E-state index contributed by atoms with van der Waals surface area (Å²) in [6, 6.07) is 5.85. The number of thiazole rings is 1. The lowest BCUT2D eigenvalue weighted by atomic mass is 10.0. The maximum absolute atomic E-state index is 5.95. The summed E-state index contributed by atoms with van der Waals surface area (Å²) >= 11 is 11.1. The Kier molecular flexibility index (Phi) is 4.30. The highest BCUT2D eigenvalue weighted by molar-refractivity contribution is 9.10. The fourth-order valence-corrected chi connectivity index (χ4v) is 3.63. The van der Waals surface area contributed by atoms with E-state index in [0.717, 1.165) is 21.6 Å². The van der Waals surface area contributed by atoms with Crippen molar-refractivity contribution in [3.8, 4) is 0 Å². The molecule has 5 heteroatoms. The summed E-state index contributed by atoms with van der Waals surface area (Å²) in [6.45, 7) is 4.27. The quantitative estimate of drug-likeness (QED) is 0.863. The molecule has 96 valence electrons. The van der Waals surface area contributed by atoms with Crippen LogP contribution in [0.2, 0.25) is 5.02 Å². The molecule has 0 unspecified atom stereocenters. The Morgan fingerprint density at radius 2 is 2.17 bits per heavy atom. The normalized spacial score (nSPS) is 11.2. The molecule has 2 N–H and O–H groups in total. The van der Waals surface area contributed by atoms with Crippen LogP contribution in [0.5, 0.6) is 0 Å². The van der Waals surface area contributed by atoms with Crippen LogP contribution in [0, 0.1) is 0 Å². The van der Waals surface area contributed by atoms with Gasteiger partial charge in [0.25, 0.3) is 0 Å². The molecule has 0 aliphatic rings. The number of hydrogen-bond donors (Lipinski definition) is 1. The molecule has 1 heterocycles. The van der Waals surface area contributed by atoms with Crippen molar-refractivity contribution in [1.82, 2.24) is 4.98 Å². The predicted molar refractivity (Wildman–Crippen MR) is 82.6 cm³/mol. The molecule has 0 saturated carbocycles. The molecule has 0 fully saturated rings. The number of aromatic nitrogens is 1. The number of nitrogen functional groups attached to an aromatic ring is 1. The van der Waals surface area contributed by atoms with Crippen molar-refractivity contribution < 1.29 is 0 Å². The second kappa shape index (κ2) is 5.59. The molecule has 0 spiro atoms. The van der Waals surface area contributed by atoms with Gasteiger partial charge in [-0.25, -0.2) is 4.98 Å². The number of nitrogens with zero attached hydrogens (tertiary/aromatic N) is 1. The maximum atomic E-state index is 5.95. The number of benzene rings is 1. The summed E-state index contributed by atoms with van der Waals surface area (Å²) in [5.74, 6) is 0.389. The van der Waals surface area contributed by atoms with Crippen LogP contribution in [-0.4, -0.2) is 4.98 Å². The van der Waals surface area contributed by atoms with Crippen molar-refractivity contribution in [1.29, 1.82) is 0 Å². The largest absolute Gasteiger partial charge is 0.375 e. The first-order chi connectivity index (χ1) is 8.47. The van der Waals surface area contributed by atoms with E-state index in [9.17, 15) is 0 Å². The fraction of sp³-hybridized carbons (Fsp3) is 0.308. The zero-order valence-corrected chi connectivity index (χ0v) is 13.4. The van der Waals surface area contributed by atoms with Gasteiger partial charge in [-0.3, -0.25) is 0 Å². The van der Waals surface area contributed by atoms with Crippen molar-refractivity contribution in [2.24, 2.45) is 0 Å². The molecular formula is C13H14BrClN2S. The highest BCUT2D eigenvalue weighted by atomic mass is 79.9. The SMILES string of the molecule is CC(C)c1nc(N)sc1Cc1ccc(Cl)cc1Br. The van der Waals surface area contributed by atoms with E-state index in [1.807, 2.05) is 18.2 Å². The van der Waals surface area contributed by atoms with Crippen molar-refractivity contribution >= 4 is 44.0 Å². The molecular weight excluding hydrogens is 332 g/mol. The van der Waals surface area contributed by atoms with Crippen LogP contribution in [-0.2, 0) is 6.42 Å². The van der Waals surface area contributed by atoms with Gasteiger partial charge in [-0.2, -0.15) is 0 Å². The summed E-state index contributed by atoms with van der Waals surface area (Å²) in [6.07, 6.45) is 0.833. The Bertz CT molecular complexity index is 566. The summed E-state index contributed by atoms with van der Waals surface area (Å²) in [5.41, 5.74) is 8.10. The van der Waals surface area contributed by atoms with Crippen LogP contribution in [0.1, 0.15) is 35.9 Å².